The standard InChI is InChI=1S/C23H26F3N3O3/c1-14-12-16(4-6-18(14)30)21(32)28-10-8-22(9-11-28)19-7-5-17(20(31)23(24,25)26)29(19)13-15(2)27(22)3/h4-7,12,15,30H,8-11,13H2,1-3H3/t15-/m0/s1. The van der Waals surface area contributed by atoms with Crippen LogP contribution < -0.4 is 0 Å². The number of nitrogens with zero attached hydrogens (tertiary/aromatic N) is 3. The predicted molar refractivity (Wildman–Crippen MR) is 112 cm³/mol. The van der Waals surface area contributed by atoms with Gasteiger partial charge in [0.25, 0.3) is 11.7 Å². The molecule has 1 spiro atoms. The minimum Gasteiger partial charge on any atom is -0.508 e. The molecule has 0 bridgehead atoms. The highest BCUT2D eigenvalue weighted by atomic mass is 19.4. The van der Waals surface area contributed by atoms with Crippen LogP contribution in [0.5, 0.6) is 5.75 Å². The van der Waals surface area contributed by atoms with E-state index in [0.717, 1.165) is 0 Å². The molecule has 2 aliphatic rings. The first-order valence-corrected chi connectivity index (χ1v) is 10.6. The third-order valence-electron chi connectivity index (χ3n) is 7.05. The van der Waals surface area contributed by atoms with Crippen LogP contribution in [0.1, 0.15) is 51.9 Å². The second-order valence-corrected chi connectivity index (χ2v) is 8.83. The Morgan fingerprint density at radius 2 is 1.78 bits per heavy atom. The van der Waals surface area contributed by atoms with Crippen molar-refractivity contribution in [2.45, 2.75) is 51.0 Å². The quantitative estimate of drug-likeness (QED) is 0.710. The summed E-state index contributed by atoms with van der Waals surface area (Å²) in [6.07, 6.45) is -3.84. The summed E-state index contributed by atoms with van der Waals surface area (Å²) < 4.78 is 40.8. The molecule has 3 heterocycles. The number of likely N-dealkylation sites (tertiary alicyclic amines) is 1. The fourth-order valence-electron chi connectivity index (χ4n) is 5.06. The van der Waals surface area contributed by atoms with E-state index < -0.39 is 17.5 Å². The number of amides is 1. The van der Waals surface area contributed by atoms with Crippen LogP contribution in [0, 0.1) is 6.92 Å². The van der Waals surface area contributed by atoms with Gasteiger partial charge in [0.2, 0.25) is 0 Å². The van der Waals surface area contributed by atoms with Gasteiger partial charge < -0.3 is 14.6 Å². The number of halogens is 3. The number of ketones is 1. The summed E-state index contributed by atoms with van der Waals surface area (Å²) in [5.74, 6) is -1.84. The van der Waals surface area contributed by atoms with Crippen molar-refractivity contribution in [1.82, 2.24) is 14.4 Å². The zero-order valence-corrected chi connectivity index (χ0v) is 18.2. The molecule has 2 aromatic rings. The number of aromatic hydroxyl groups is 1. The van der Waals surface area contributed by atoms with E-state index in [9.17, 15) is 27.9 Å². The number of phenolic OH excluding ortho intramolecular Hbond substituents is 1. The fraction of sp³-hybridized carbons (Fsp3) is 0.478. The molecular weight excluding hydrogens is 423 g/mol. The molecule has 9 heteroatoms. The summed E-state index contributed by atoms with van der Waals surface area (Å²) in [6.45, 7) is 4.83. The highest BCUT2D eigenvalue weighted by molar-refractivity contribution is 5.99. The van der Waals surface area contributed by atoms with Gasteiger partial charge in [0.05, 0.1) is 11.2 Å². The van der Waals surface area contributed by atoms with E-state index in [1.165, 1.54) is 16.7 Å². The lowest BCUT2D eigenvalue weighted by molar-refractivity contribution is -0.0894. The van der Waals surface area contributed by atoms with Crippen molar-refractivity contribution in [3.8, 4) is 5.75 Å². The molecule has 1 atom stereocenters. The number of Topliss-reactive ketones (excluding diaryl/α,β-unsaturated/α-hetero) is 1. The third kappa shape index (κ3) is 3.48. The normalized spacial score (nSPS) is 20.9. The van der Waals surface area contributed by atoms with E-state index in [1.807, 2.05) is 14.0 Å². The van der Waals surface area contributed by atoms with E-state index in [4.69, 9.17) is 0 Å². The van der Waals surface area contributed by atoms with Crippen molar-refractivity contribution in [3.05, 3.63) is 52.8 Å². The number of benzene rings is 1. The van der Waals surface area contributed by atoms with Crippen LogP contribution in [0.25, 0.3) is 0 Å². The summed E-state index contributed by atoms with van der Waals surface area (Å²) in [6, 6.07) is 7.56. The van der Waals surface area contributed by atoms with Crippen molar-refractivity contribution in [2.75, 3.05) is 20.1 Å². The highest BCUT2D eigenvalue weighted by Crippen LogP contribution is 2.44. The Morgan fingerprint density at radius 3 is 2.38 bits per heavy atom. The maximum Gasteiger partial charge on any atom is 0.456 e. The van der Waals surface area contributed by atoms with Gasteiger partial charge in [0, 0.05) is 36.9 Å². The van der Waals surface area contributed by atoms with Crippen LogP contribution in [-0.2, 0) is 12.1 Å². The van der Waals surface area contributed by atoms with Crippen molar-refractivity contribution in [3.63, 3.8) is 0 Å². The van der Waals surface area contributed by atoms with Gasteiger partial charge in [-0.25, -0.2) is 0 Å². The zero-order valence-electron chi connectivity index (χ0n) is 18.2. The number of piperidine rings is 1. The summed E-state index contributed by atoms with van der Waals surface area (Å²) in [5.41, 5.74) is 0.916. The van der Waals surface area contributed by atoms with Crippen LogP contribution in [-0.4, -0.2) is 63.5 Å². The molecule has 4 rings (SSSR count). The first-order valence-electron chi connectivity index (χ1n) is 10.6. The molecule has 1 aromatic carbocycles. The van der Waals surface area contributed by atoms with E-state index in [0.29, 0.717) is 49.3 Å². The smallest absolute Gasteiger partial charge is 0.456 e. The Hall–Kier alpha value is -2.81. The van der Waals surface area contributed by atoms with Gasteiger partial charge in [-0.15, -0.1) is 0 Å². The Kier molecular flexibility index (Phi) is 5.35. The number of carbonyl (C=O) groups excluding carboxylic acids is 2. The maximum atomic E-state index is 13.1. The average molecular weight is 449 g/mol. The van der Waals surface area contributed by atoms with E-state index >= 15 is 0 Å². The molecule has 1 amide bonds. The molecule has 0 radical (unpaired) electrons. The minimum atomic E-state index is -4.92. The molecule has 1 saturated heterocycles. The second-order valence-electron chi connectivity index (χ2n) is 8.83. The van der Waals surface area contributed by atoms with E-state index in [1.54, 1.807) is 30.0 Å². The SMILES string of the molecule is Cc1cc(C(=O)N2CCC3(CC2)c2ccc(C(=O)C(F)(F)F)n2C[C@H](C)N3C)ccc1O. The minimum absolute atomic E-state index is 0.0725. The maximum absolute atomic E-state index is 13.1. The van der Waals surface area contributed by atoms with Crippen LogP contribution in [0.15, 0.2) is 30.3 Å². The summed E-state index contributed by atoms with van der Waals surface area (Å²) >= 11 is 0. The largest absolute Gasteiger partial charge is 0.508 e. The van der Waals surface area contributed by atoms with Crippen molar-refractivity contribution < 1.29 is 27.9 Å². The average Bonchev–Trinajstić information content (AvgIpc) is 3.17. The number of hydrogen-bond donors (Lipinski definition) is 1. The van der Waals surface area contributed by atoms with Gasteiger partial charge in [0.1, 0.15) is 5.75 Å². The fourth-order valence-corrected chi connectivity index (χ4v) is 5.06. The lowest BCUT2D eigenvalue weighted by Gasteiger charge is -2.53. The van der Waals surface area contributed by atoms with Crippen LogP contribution in [0.3, 0.4) is 0 Å². The Morgan fingerprint density at radius 1 is 1.12 bits per heavy atom. The van der Waals surface area contributed by atoms with E-state index in [-0.39, 0.29) is 23.4 Å². The van der Waals surface area contributed by atoms with Crippen molar-refractivity contribution >= 4 is 11.7 Å². The van der Waals surface area contributed by atoms with Crippen LogP contribution in [0.2, 0.25) is 0 Å². The van der Waals surface area contributed by atoms with Crippen LogP contribution >= 0.6 is 0 Å². The number of alkyl halides is 3. The van der Waals surface area contributed by atoms with Gasteiger partial charge in [-0.2, -0.15) is 13.2 Å². The Labute approximate surface area is 184 Å². The Bertz CT molecular complexity index is 1070. The predicted octanol–water partition coefficient (Wildman–Crippen LogP) is 3.71. The topological polar surface area (TPSA) is 65.8 Å². The Balaban J connectivity index is 1.62. The molecule has 32 heavy (non-hydrogen) atoms. The molecule has 0 aliphatic carbocycles. The number of aromatic nitrogens is 1. The number of hydrogen-bond acceptors (Lipinski definition) is 4. The molecule has 2 aliphatic heterocycles. The van der Waals surface area contributed by atoms with Gasteiger partial charge in [-0.05, 0) is 69.6 Å². The first-order chi connectivity index (χ1) is 15.0. The summed E-state index contributed by atoms with van der Waals surface area (Å²) in [5, 5.41) is 9.71. The number of likely N-dealkylation sites (N-methyl/N-ethyl adjacent to an activating group) is 1. The molecule has 1 aromatic heterocycles. The molecular formula is C23H26F3N3O3. The molecule has 172 valence electrons. The van der Waals surface area contributed by atoms with E-state index in [2.05, 4.69) is 4.90 Å². The number of aryl methyl sites for hydroxylation is 1. The van der Waals surface area contributed by atoms with Gasteiger partial charge in [0.15, 0.2) is 0 Å². The van der Waals surface area contributed by atoms with Crippen molar-refractivity contribution in [2.24, 2.45) is 0 Å². The second kappa shape index (κ2) is 7.65. The lowest BCUT2D eigenvalue weighted by Crippen LogP contribution is -2.59. The van der Waals surface area contributed by atoms with Gasteiger partial charge in [-0.3, -0.25) is 14.5 Å². The van der Waals surface area contributed by atoms with Crippen LogP contribution in [0.4, 0.5) is 13.2 Å². The number of rotatable bonds is 2. The molecule has 1 fully saturated rings. The molecule has 1 N–H and O–H groups in total. The first kappa shape index (κ1) is 22.4. The zero-order chi connectivity index (χ0) is 23.4. The van der Waals surface area contributed by atoms with Gasteiger partial charge >= 0.3 is 6.18 Å². The highest BCUT2D eigenvalue weighted by Gasteiger charge is 2.49. The third-order valence-corrected chi connectivity index (χ3v) is 7.05. The summed E-state index contributed by atoms with van der Waals surface area (Å²) in [4.78, 5) is 28.9. The number of carbonyl (C=O) groups is 2. The van der Waals surface area contributed by atoms with Gasteiger partial charge in [-0.1, -0.05) is 0 Å². The summed E-state index contributed by atoms with van der Waals surface area (Å²) in [7, 11) is 1.95. The molecule has 6 nitrogen and oxygen atoms in total. The number of phenols is 1. The molecule has 0 unspecified atom stereocenters. The number of fused-ring (bicyclic) bond motifs is 2. The monoisotopic (exact) mass is 449 g/mol. The van der Waals surface area contributed by atoms with Crippen molar-refractivity contribution in [1.29, 1.82) is 0 Å². The molecule has 0 saturated carbocycles. The lowest BCUT2D eigenvalue weighted by atomic mass is 9.80.